The zero-order valence-electron chi connectivity index (χ0n) is 16.4. The number of thiol groups is 1. The summed E-state index contributed by atoms with van der Waals surface area (Å²) in [6.07, 6.45) is 2.80. The fourth-order valence-electron chi connectivity index (χ4n) is 3.23. The second-order valence-electron chi connectivity index (χ2n) is 6.95. The van der Waals surface area contributed by atoms with Crippen LogP contribution in [0.4, 0.5) is 0 Å². The Morgan fingerprint density at radius 2 is 1.68 bits per heavy atom. The smallest absolute Gasteiger partial charge is 0.236 e. The van der Waals surface area contributed by atoms with Crippen LogP contribution in [0.25, 0.3) is 28.2 Å². The average Bonchev–Trinajstić information content (AvgIpc) is 3.19. The summed E-state index contributed by atoms with van der Waals surface area (Å²) in [4.78, 5) is 16.5. The van der Waals surface area contributed by atoms with E-state index < -0.39 is 15.0 Å². The van der Waals surface area contributed by atoms with Gasteiger partial charge in [0.1, 0.15) is 11.5 Å². The summed E-state index contributed by atoms with van der Waals surface area (Å²) in [7, 11) is -3.29. The van der Waals surface area contributed by atoms with Gasteiger partial charge in [0.15, 0.2) is 9.84 Å². The van der Waals surface area contributed by atoms with Crippen molar-refractivity contribution < 1.29 is 13.2 Å². The number of aromatic nitrogens is 2. The minimum Gasteiger partial charge on any atom is -0.299 e. The van der Waals surface area contributed by atoms with Gasteiger partial charge in [0.05, 0.1) is 9.92 Å². The summed E-state index contributed by atoms with van der Waals surface area (Å²) in [6, 6.07) is 21.6. The fraction of sp³-hybridized carbons (Fsp3) is 0.0435. The van der Waals surface area contributed by atoms with Gasteiger partial charge in [-0.25, -0.2) is 13.4 Å². The van der Waals surface area contributed by atoms with E-state index in [0.717, 1.165) is 16.8 Å². The zero-order valence-corrected chi connectivity index (χ0v) is 18.8. The Bertz CT molecular complexity index is 1390. The summed E-state index contributed by atoms with van der Waals surface area (Å²) in [5.74, 6) is 0.523. The largest absolute Gasteiger partial charge is 0.299 e. The highest BCUT2D eigenvalue weighted by atomic mass is 35.5. The van der Waals surface area contributed by atoms with E-state index in [2.05, 4.69) is 17.6 Å². The molecule has 4 rings (SSSR count). The summed E-state index contributed by atoms with van der Waals surface area (Å²) < 4.78 is 25.5. The number of nitrogens with zero attached hydrogens (tertiary/aromatic N) is 2. The number of imidazole rings is 1. The van der Waals surface area contributed by atoms with Crippen LogP contribution in [-0.2, 0) is 9.84 Å². The molecular weight excluding hydrogens is 452 g/mol. The van der Waals surface area contributed by atoms with E-state index in [9.17, 15) is 13.2 Å². The quantitative estimate of drug-likeness (QED) is 0.402. The second-order valence-corrected chi connectivity index (χ2v) is 9.78. The molecule has 0 saturated heterocycles. The topological polar surface area (TPSA) is 69.0 Å². The third kappa shape index (κ3) is 4.44. The van der Waals surface area contributed by atoms with Crippen LogP contribution in [0.1, 0.15) is 10.5 Å². The number of carbonyl (C=O) groups excluding carboxylic acids is 1. The van der Waals surface area contributed by atoms with E-state index in [0.29, 0.717) is 16.4 Å². The highest BCUT2D eigenvalue weighted by molar-refractivity contribution is 7.97. The van der Waals surface area contributed by atoms with Crippen molar-refractivity contribution in [3.8, 4) is 28.2 Å². The fourth-order valence-corrected chi connectivity index (χ4v) is 4.23. The van der Waals surface area contributed by atoms with Crippen molar-refractivity contribution in [2.75, 3.05) is 6.26 Å². The normalized spacial score (nSPS) is 11.5. The van der Waals surface area contributed by atoms with Crippen LogP contribution in [0.3, 0.4) is 0 Å². The summed E-state index contributed by atoms with van der Waals surface area (Å²) in [5.41, 5.74) is 3.32. The molecule has 0 aliphatic rings. The van der Waals surface area contributed by atoms with Crippen LogP contribution >= 0.6 is 24.2 Å². The maximum atomic E-state index is 11.9. The molecule has 3 aromatic carbocycles. The van der Waals surface area contributed by atoms with Crippen LogP contribution in [-0.4, -0.2) is 29.3 Å². The van der Waals surface area contributed by atoms with Crippen LogP contribution in [0, 0.1) is 0 Å². The predicted octanol–water partition coefficient (Wildman–Crippen LogP) is 5.33. The standard InChI is InChI=1S/C23H17ClN2O3S2/c1-31(28,29)18-6-4-5-16(13-18)15-9-11-17(12-10-15)26-14-21(23(27)30)25-22(26)19-7-2-3-8-20(19)24/h2-14H,1H3,(H,27,30). The molecule has 0 spiro atoms. The lowest BCUT2D eigenvalue weighted by molar-refractivity contribution is 0.108. The highest BCUT2D eigenvalue weighted by Gasteiger charge is 2.17. The molecule has 0 N–H and O–H groups in total. The van der Waals surface area contributed by atoms with E-state index in [4.69, 9.17) is 11.6 Å². The Labute approximate surface area is 190 Å². The third-order valence-electron chi connectivity index (χ3n) is 4.78. The Morgan fingerprint density at radius 1 is 0.968 bits per heavy atom. The highest BCUT2D eigenvalue weighted by Crippen LogP contribution is 2.30. The van der Waals surface area contributed by atoms with Crippen LogP contribution in [0.5, 0.6) is 0 Å². The Kier molecular flexibility index (Phi) is 5.75. The van der Waals surface area contributed by atoms with Gasteiger partial charge in [-0.3, -0.25) is 9.36 Å². The van der Waals surface area contributed by atoms with Gasteiger partial charge in [0.25, 0.3) is 0 Å². The maximum absolute atomic E-state index is 11.9. The number of hydrogen-bond donors (Lipinski definition) is 1. The van der Waals surface area contributed by atoms with Gasteiger partial charge in [0, 0.05) is 23.7 Å². The predicted molar refractivity (Wildman–Crippen MR) is 126 cm³/mol. The van der Waals surface area contributed by atoms with Crippen molar-refractivity contribution in [2.45, 2.75) is 4.90 Å². The Hall–Kier alpha value is -2.87. The van der Waals surface area contributed by atoms with E-state index in [1.54, 1.807) is 35.0 Å². The van der Waals surface area contributed by atoms with Crippen molar-refractivity contribution in [2.24, 2.45) is 0 Å². The zero-order chi connectivity index (χ0) is 22.2. The number of benzene rings is 3. The van der Waals surface area contributed by atoms with Gasteiger partial charge >= 0.3 is 0 Å². The molecule has 156 valence electrons. The minimum atomic E-state index is -3.29. The molecule has 0 radical (unpaired) electrons. The molecule has 0 aliphatic carbocycles. The molecule has 8 heteroatoms. The number of hydrogen-bond acceptors (Lipinski definition) is 4. The molecule has 0 amide bonds. The number of carbonyl (C=O) groups is 1. The molecule has 0 atom stereocenters. The summed E-state index contributed by atoms with van der Waals surface area (Å²) in [5, 5.41) is 0.0722. The maximum Gasteiger partial charge on any atom is 0.236 e. The van der Waals surface area contributed by atoms with Crippen LogP contribution in [0.2, 0.25) is 5.02 Å². The van der Waals surface area contributed by atoms with E-state index in [-0.39, 0.29) is 10.6 Å². The van der Waals surface area contributed by atoms with Crippen molar-refractivity contribution in [3.05, 3.63) is 89.7 Å². The van der Waals surface area contributed by atoms with Gasteiger partial charge in [-0.2, -0.15) is 0 Å². The minimum absolute atomic E-state index is 0.211. The number of rotatable bonds is 5. The van der Waals surface area contributed by atoms with Crippen molar-refractivity contribution in [3.63, 3.8) is 0 Å². The SMILES string of the molecule is CS(=O)(=O)c1cccc(-c2ccc(-n3cc(C(=O)S)nc3-c3ccccc3Cl)cc2)c1. The molecule has 0 fully saturated rings. The first-order valence-corrected chi connectivity index (χ1v) is 11.9. The van der Waals surface area contributed by atoms with Crippen molar-refractivity contribution in [1.82, 2.24) is 9.55 Å². The first-order chi connectivity index (χ1) is 14.7. The van der Waals surface area contributed by atoms with Gasteiger partial charge in [-0.1, -0.05) is 60.6 Å². The Balaban J connectivity index is 1.78. The lowest BCUT2D eigenvalue weighted by atomic mass is 10.1. The lowest BCUT2D eigenvalue weighted by Gasteiger charge is -2.10. The first-order valence-electron chi connectivity index (χ1n) is 9.22. The molecule has 5 nitrogen and oxygen atoms in total. The van der Waals surface area contributed by atoms with Gasteiger partial charge in [-0.05, 0) is 47.5 Å². The van der Waals surface area contributed by atoms with Gasteiger partial charge in [-0.15, -0.1) is 0 Å². The lowest BCUT2D eigenvalue weighted by Crippen LogP contribution is -1.98. The molecule has 4 aromatic rings. The molecule has 0 unspecified atom stereocenters. The van der Waals surface area contributed by atoms with Crippen molar-refractivity contribution >= 4 is 39.2 Å². The molecule has 0 aliphatic heterocycles. The Morgan fingerprint density at radius 3 is 2.32 bits per heavy atom. The van der Waals surface area contributed by atoms with Crippen LogP contribution < -0.4 is 0 Å². The molecule has 31 heavy (non-hydrogen) atoms. The van der Waals surface area contributed by atoms with Crippen molar-refractivity contribution in [1.29, 1.82) is 0 Å². The van der Waals surface area contributed by atoms with E-state index in [1.807, 2.05) is 48.5 Å². The first kappa shape index (κ1) is 21.4. The molecule has 1 aromatic heterocycles. The summed E-state index contributed by atoms with van der Waals surface area (Å²) >= 11 is 10.3. The van der Waals surface area contributed by atoms with E-state index in [1.165, 1.54) is 6.26 Å². The average molecular weight is 469 g/mol. The van der Waals surface area contributed by atoms with Gasteiger partial charge < -0.3 is 0 Å². The monoisotopic (exact) mass is 468 g/mol. The molecule has 0 saturated carbocycles. The van der Waals surface area contributed by atoms with Gasteiger partial charge in [0.2, 0.25) is 5.12 Å². The second kappa shape index (κ2) is 8.34. The number of halogens is 1. The summed E-state index contributed by atoms with van der Waals surface area (Å²) in [6.45, 7) is 0. The molecule has 1 heterocycles. The molecule has 0 bridgehead atoms. The van der Waals surface area contributed by atoms with Crippen LogP contribution in [0.15, 0.2) is 83.9 Å². The molecular formula is C23H17ClN2O3S2. The van der Waals surface area contributed by atoms with E-state index >= 15 is 0 Å². The third-order valence-corrected chi connectivity index (χ3v) is 6.45. The number of sulfone groups is 1.